The molecule has 4 nitrogen and oxygen atoms in total. The first-order valence-corrected chi connectivity index (χ1v) is 7.54. The maximum atomic E-state index is 12.4. The molecule has 0 unspecified atom stereocenters. The summed E-state index contributed by atoms with van der Waals surface area (Å²) < 4.78 is 5.39. The largest absolute Gasteiger partial charge is 0.444 e. The van der Waals surface area contributed by atoms with Gasteiger partial charge in [-0.15, -0.1) is 0 Å². The van der Waals surface area contributed by atoms with Gasteiger partial charge in [0.05, 0.1) is 12.5 Å². The van der Waals surface area contributed by atoms with Gasteiger partial charge >= 0.3 is 6.09 Å². The molecular weight excluding hydrogens is 288 g/mol. The van der Waals surface area contributed by atoms with Crippen molar-refractivity contribution in [1.82, 2.24) is 0 Å². The number of nitrogens with zero attached hydrogens (tertiary/aromatic N) is 2. The van der Waals surface area contributed by atoms with Crippen molar-refractivity contribution in [2.45, 2.75) is 26.9 Å². The van der Waals surface area contributed by atoms with Crippen LogP contribution in [0, 0.1) is 25.2 Å². The van der Waals surface area contributed by atoms with E-state index < -0.39 is 6.09 Å². The van der Waals surface area contributed by atoms with Gasteiger partial charge in [0.25, 0.3) is 0 Å². The molecule has 0 spiro atoms. The Morgan fingerprint density at radius 3 is 2.52 bits per heavy atom. The number of rotatable bonds is 5. The highest BCUT2D eigenvalue weighted by Crippen LogP contribution is 2.20. The lowest BCUT2D eigenvalue weighted by Gasteiger charge is -2.22. The second kappa shape index (κ2) is 8.00. The third-order valence-corrected chi connectivity index (χ3v) is 3.67. The van der Waals surface area contributed by atoms with E-state index in [2.05, 4.69) is 6.07 Å². The van der Waals surface area contributed by atoms with Crippen LogP contribution in [0.2, 0.25) is 0 Å². The van der Waals surface area contributed by atoms with Crippen LogP contribution in [0.15, 0.2) is 48.5 Å². The number of ether oxygens (including phenoxy) is 1. The molecule has 4 heteroatoms. The van der Waals surface area contributed by atoms with Gasteiger partial charge in [-0.1, -0.05) is 36.4 Å². The van der Waals surface area contributed by atoms with Gasteiger partial charge in [0, 0.05) is 12.2 Å². The molecule has 2 aromatic rings. The smallest absolute Gasteiger partial charge is 0.414 e. The number of aryl methyl sites for hydroxylation is 2. The molecule has 0 saturated carbocycles. The highest BCUT2D eigenvalue weighted by Gasteiger charge is 2.17. The second-order valence-electron chi connectivity index (χ2n) is 5.37. The van der Waals surface area contributed by atoms with E-state index in [1.54, 1.807) is 0 Å². The zero-order valence-electron chi connectivity index (χ0n) is 13.5. The molecule has 0 aliphatic carbocycles. The van der Waals surface area contributed by atoms with Gasteiger partial charge < -0.3 is 4.74 Å². The Balaban J connectivity index is 2.12. The summed E-state index contributed by atoms with van der Waals surface area (Å²) in [7, 11) is 0. The Kier molecular flexibility index (Phi) is 5.76. The Labute approximate surface area is 136 Å². The summed E-state index contributed by atoms with van der Waals surface area (Å²) in [6.45, 7) is 4.54. The number of nitriles is 1. The Bertz CT molecular complexity index is 705. The minimum absolute atomic E-state index is 0.216. The van der Waals surface area contributed by atoms with Crippen LogP contribution >= 0.6 is 0 Å². The predicted molar refractivity (Wildman–Crippen MR) is 90.1 cm³/mol. The van der Waals surface area contributed by atoms with Crippen molar-refractivity contribution in [3.63, 3.8) is 0 Å². The summed E-state index contributed by atoms with van der Waals surface area (Å²) in [5.74, 6) is 0. The summed E-state index contributed by atoms with van der Waals surface area (Å²) in [6, 6.07) is 17.4. The van der Waals surface area contributed by atoms with Crippen LogP contribution in [0.3, 0.4) is 0 Å². The SMILES string of the molecule is Cc1ccc(N(CCC#N)C(=O)OCc2ccccc2)cc1C. The van der Waals surface area contributed by atoms with E-state index in [0.717, 1.165) is 22.4 Å². The monoisotopic (exact) mass is 308 g/mol. The number of hydrogen-bond acceptors (Lipinski definition) is 3. The molecule has 0 radical (unpaired) electrons. The van der Waals surface area contributed by atoms with Crippen molar-refractivity contribution in [2.24, 2.45) is 0 Å². The number of benzene rings is 2. The standard InChI is InChI=1S/C19H20N2O2/c1-15-9-10-18(13-16(15)2)21(12-6-11-20)19(22)23-14-17-7-4-3-5-8-17/h3-5,7-10,13H,6,12,14H2,1-2H3. The number of carbonyl (C=O) groups excluding carboxylic acids is 1. The summed E-state index contributed by atoms with van der Waals surface area (Å²) in [5, 5.41) is 8.82. The molecule has 0 aliphatic rings. The van der Waals surface area contributed by atoms with Gasteiger partial charge in [-0.2, -0.15) is 5.26 Å². The van der Waals surface area contributed by atoms with E-state index in [9.17, 15) is 4.79 Å². The third-order valence-electron chi connectivity index (χ3n) is 3.67. The summed E-state index contributed by atoms with van der Waals surface area (Å²) in [5.41, 5.74) is 3.94. The van der Waals surface area contributed by atoms with Crippen molar-refractivity contribution in [3.8, 4) is 6.07 Å². The lowest BCUT2D eigenvalue weighted by atomic mass is 10.1. The molecule has 23 heavy (non-hydrogen) atoms. The van der Waals surface area contributed by atoms with Crippen LogP contribution in [0.4, 0.5) is 10.5 Å². The first-order chi connectivity index (χ1) is 11.1. The van der Waals surface area contributed by atoms with Crippen LogP contribution in [-0.4, -0.2) is 12.6 Å². The van der Waals surface area contributed by atoms with Crippen molar-refractivity contribution >= 4 is 11.8 Å². The molecule has 0 aromatic heterocycles. The zero-order chi connectivity index (χ0) is 16.7. The van der Waals surface area contributed by atoms with Gasteiger partial charge in [0.15, 0.2) is 0 Å². The lowest BCUT2D eigenvalue weighted by Crippen LogP contribution is -2.32. The molecule has 0 N–H and O–H groups in total. The molecule has 0 heterocycles. The predicted octanol–water partition coefficient (Wildman–Crippen LogP) is 4.36. The van der Waals surface area contributed by atoms with E-state index in [0.29, 0.717) is 6.54 Å². The summed E-state index contributed by atoms with van der Waals surface area (Å²) in [4.78, 5) is 13.9. The highest BCUT2D eigenvalue weighted by molar-refractivity contribution is 5.87. The van der Waals surface area contributed by atoms with E-state index in [-0.39, 0.29) is 13.0 Å². The van der Waals surface area contributed by atoms with E-state index >= 15 is 0 Å². The van der Waals surface area contributed by atoms with Crippen molar-refractivity contribution in [1.29, 1.82) is 5.26 Å². The molecule has 0 saturated heterocycles. The number of carbonyl (C=O) groups is 1. The first kappa shape index (κ1) is 16.6. The molecule has 1 amide bonds. The number of hydrogen-bond donors (Lipinski definition) is 0. The van der Waals surface area contributed by atoms with Crippen molar-refractivity contribution in [3.05, 3.63) is 65.2 Å². The minimum atomic E-state index is -0.438. The van der Waals surface area contributed by atoms with Gasteiger partial charge in [-0.05, 0) is 42.7 Å². The molecule has 2 rings (SSSR count). The molecular formula is C19H20N2O2. The number of amides is 1. The molecule has 2 aromatic carbocycles. The fraction of sp³-hybridized carbons (Fsp3) is 0.263. The summed E-state index contributed by atoms with van der Waals surface area (Å²) in [6.07, 6.45) is -0.180. The molecule has 118 valence electrons. The lowest BCUT2D eigenvalue weighted by molar-refractivity contribution is 0.147. The van der Waals surface area contributed by atoms with Crippen LogP contribution < -0.4 is 4.90 Å². The highest BCUT2D eigenvalue weighted by atomic mass is 16.6. The zero-order valence-corrected chi connectivity index (χ0v) is 13.5. The van der Waals surface area contributed by atoms with Crippen LogP contribution in [0.1, 0.15) is 23.1 Å². The topological polar surface area (TPSA) is 53.3 Å². The maximum absolute atomic E-state index is 12.4. The second-order valence-corrected chi connectivity index (χ2v) is 5.37. The number of anilines is 1. The average Bonchev–Trinajstić information content (AvgIpc) is 2.57. The Morgan fingerprint density at radius 2 is 1.87 bits per heavy atom. The van der Waals surface area contributed by atoms with Crippen LogP contribution in [0.25, 0.3) is 0 Å². The quantitative estimate of drug-likeness (QED) is 0.824. The van der Waals surface area contributed by atoms with Crippen molar-refractivity contribution in [2.75, 3.05) is 11.4 Å². The van der Waals surface area contributed by atoms with E-state index in [1.807, 2.05) is 62.4 Å². The molecule has 0 aliphatic heterocycles. The van der Waals surface area contributed by atoms with Gasteiger partial charge in [0.1, 0.15) is 6.61 Å². The van der Waals surface area contributed by atoms with Crippen LogP contribution in [0.5, 0.6) is 0 Å². The summed E-state index contributed by atoms with van der Waals surface area (Å²) >= 11 is 0. The van der Waals surface area contributed by atoms with Gasteiger partial charge in [-0.25, -0.2) is 4.79 Å². The Morgan fingerprint density at radius 1 is 1.13 bits per heavy atom. The third kappa shape index (κ3) is 4.58. The molecule has 0 fully saturated rings. The van der Waals surface area contributed by atoms with Gasteiger partial charge in [-0.3, -0.25) is 4.90 Å². The van der Waals surface area contributed by atoms with E-state index in [4.69, 9.17) is 10.00 Å². The van der Waals surface area contributed by atoms with E-state index in [1.165, 1.54) is 4.90 Å². The van der Waals surface area contributed by atoms with Gasteiger partial charge in [0.2, 0.25) is 0 Å². The fourth-order valence-electron chi connectivity index (χ4n) is 2.18. The Hall–Kier alpha value is -2.80. The molecule has 0 bridgehead atoms. The minimum Gasteiger partial charge on any atom is -0.444 e. The average molecular weight is 308 g/mol. The maximum Gasteiger partial charge on any atom is 0.414 e. The molecule has 0 atom stereocenters. The normalized spacial score (nSPS) is 9.96. The fourth-order valence-corrected chi connectivity index (χ4v) is 2.18. The first-order valence-electron chi connectivity index (χ1n) is 7.54. The van der Waals surface area contributed by atoms with Crippen molar-refractivity contribution < 1.29 is 9.53 Å². The van der Waals surface area contributed by atoms with Crippen LogP contribution in [-0.2, 0) is 11.3 Å².